The molecule has 3 heteroatoms. The number of amides is 1. The maximum atomic E-state index is 11.8. The monoisotopic (exact) mass is 281 g/mol. The highest BCUT2D eigenvalue weighted by Gasteiger charge is 1.98. The van der Waals surface area contributed by atoms with Crippen LogP contribution in [0.3, 0.4) is 0 Å². The molecule has 0 atom stereocenters. The standard InChI is InChI=1S/C18H19NO2/c1-14-2-4-15(5-3-14)8-11-18(21)19-17-9-6-16(7-10-17)12-13-20/h2-11,20H,12-13H2,1H3,(H,19,21). The molecule has 2 aromatic carbocycles. The van der Waals surface area contributed by atoms with Crippen LogP contribution in [0.15, 0.2) is 54.6 Å². The summed E-state index contributed by atoms with van der Waals surface area (Å²) in [7, 11) is 0. The van der Waals surface area contributed by atoms with Crippen LogP contribution in [0.2, 0.25) is 0 Å². The lowest BCUT2D eigenvalue weighted by molar-refractivity contribution is -0.111. The summed E-state index contributed by atoms with van der Waals surface area (Å²) in [5, 5.41) is 11.7. The first-order chi connectivity index (χ1) is 10.2. The minimum Gasteiger partial charge on any atom is -0.396 e. The fourth-order valence-corrected chi connectivity index (χ4v) is 1.92. The zero-order valence-electron chi connectivity index (χ0n) is 12.0. The number of aliphatic hydroxyl groups excluding tert-OH is 1. The number of anilines is 1. The van der Waals surface area contributed by atoms with Crippen LogP contribution >= 0.6 is 0 Å². The van der Waals surface area contributed by atoms with Crippen LogP contribution in [-0.4, -0.2) is 17.6 Å². The number of hydrogen-bond acceptors (Lipinski definition) is 2. The molecule has 0 aromatic heterocycles. The molecule has 0 saturated heterocycles. The maximum Gasteiger partial charge on any atom is 0.248 e. The van der Waals surface area contributed by atoms with Crippen LogP contribution < -0.4 is 5.32 Å². The van der Waals surface area contributed by atoms with E-state index in [0.29, 0.717) is 6.42 Å². The third-order valence-electron chi connectivity index (χ3n) is 3.13. The Bertz CT molecular complexity index is 613. The summed E-state index contributed by atoms with van der Waals surface area (Å²) in [6.07, 6.45) is 3.93. The van der Waals surface area contributed by atoms with E-state index in [9.17, 15) is 4.79 Å². The van der Waals surface area contributed by atoms with E-state index < -0.39 is 0 Å². The summed E-state index contributed by atoms with van der Waals surface area (Å²) in [5.74, 6) is -0.162. The summed E-state index contributed by atoms with van der Waals surface area (Å²) >= 11 is 0. The van der Waals surface area contributed by atoms with Crippen molar-refractivity contribution in [3.63, 3.8) is 0 Å². The van der Waals surface area contributed by atoms with Crippen molar-refractivity contribution in [1.29, 1.82) is 0 Å². The molecule has 108 valence electrons. The van der Waals surface area contributed by atoms with Gasteiger partial charge < -0.3 is 10.4 Å². The Morgan fingerprint density at radius 1 is 1.10 bits per heavy atom. The van der Waals surface area contributed by atoms with Crippen molar-refractivity contribution < 1.29 is 9.90 Å². The van der Waals surface area contributed by atoms with Gasteiger partial charge in [-0.3, -0.25) is 4.79 Å². The molecule has 2 aromatic rings. The van der Waals surface area contributed by atoms with Crippen molar-refractivity contribution in [2.45, 2.75) is 13.3 Å². The van der Waals surface area contributed by atoms with E-state index >= 15 is 0 Å². The lowest BCUT2D eigenvalue weighted by Crippen LogP contribution is -2.07. The predicted molar refractivity (Wildman–Crippen MR) is 86.1 cm³/mol. The largest absolute Gasteiger partial charge is 0.396 e. The second-order valence-corrected chi connectivity index (χ2v) is 4.90. The highest BCUT2D eigenvalue weighted by Crippen LogP contribution is 2.10. The second kappa shape index (κ2) is 7.41. The Hall–Kier alpha value is -2.39. The quantitative estimate of drug-likeness (QED) is 0.827. The Labute approximate surface area is 124 Å². The molecule has 0 fully saturated rings. The zero-order valence-corrected chi connectivity index (χ0v) is 12.0. The first kappa shape index (κ1) is 15.0. The van der Waals surface area contributed by atoms with Crippen molar-refractivity contribution in [3.05, 3.63) is 71.3 Å². The van der Waals surface area contributed by atoms with E-state index in [1.807, 2.05) is 55.5 Å². The Morgan fingerprint density at radius 2 is 1.76 bits per heavy atom. The lowest BCUT2D eigenvalue weighted by atomic mass is 10.1. The molecule has 0 radical (unpaired) electrons. The molecule has 0 aliphatic rings. The molecular formula is C18H19NO2. The van der Waals surface area contributed by atoms with E-state index in [1.54, 1.807) is 6.08 Å². The molecule has 2 N–H and O–H groups in total. The fraction of sp³-hybridized carbons (Fsp3) is 0.167. The van der Waals surface area contributed by atoms with Crippen molar-refractivity contribution in [2.24, 2.45) is 0 Å². The van der Waals surface area contributed by atoms with Crippen molar-refractivity contribution >= 4 is 17.7 Å². The average molecular weight is 281 g/mol. The van der Waals surface area contributed by atoms with Gasteiger partial charge in [-0.2, -0.15) is 0 Å². The topological polar surface area (TPSA) is 49.3 Å². The van der Waals surface area contributed by atoms with Crippen LogP contribution in [0, 0.1) is 6.92 Å². The summed E-state index contributed by atoms with van der Waals surface area (Å²) in [6.45, 7) is 2.16. The first-order valence-electron chi connectivity index (χ1n) is 6.93. The van der Waals surface area contributed by atoms with Gasteiger partial charge in [0.2, 0.25) is 5.91 Å². The number of hydrogen-bond donors (Lipinski definition) is 2. The van der Waals surface area contributed by atoms with E-state index in [1.165, 1.54) is 11.6 Å². The van der Waals surface area contributed by atoms with Gasteiger partial charge in [-0.15, -0.1) is 0 Å². The fourth-order valence-electron chi connectivity index (χ4n) is 1.92. The molecule has 21 heavy (non-hydrogen) atoms. The number of aliphatic hydroxyl groups is 1. The number of carbonyl (C=O) groups excluding carboxylic acids is 1. The Kier molecular flexibility index (Phi) is 5.29. The minimum absolute atomic E-state index is 0.130. The molecule has 1 amide bonds. The predicted octanol–water partition coefficient (Wildman–Crippen LogP) is 3.18. The molecule has 0 aliphatic heterocycles. The summed E-state index contributed by atoms with van der Waals surface area (Å²) in [4.78, 5) is 11.8. The van der Waals surface area contributed by atoms with Gasteiger partial charge in [-0.25, -0.2) is 0 Å². The number of nitrogens with one attached hydrogen (secondary N) is 1. The SMILES string of the molecule is Cc1ccc(C=CC(=O)Nc2ccc(CCO)cc2)cc1. The van der Waals surface area contributed by atoms with Gasteiger partial charge in [-0.1, -0.05) is 42.0 Å². The molecule has 0 spiro atoms. The van der Waals surface area contributed by atoms with Gasteiger partial charge in [-0.05, 0) is 42.7 Å². The van der Waals surface area contributed by atoms with E-state index in [2.05, 4.69) is 5.32 Å². The van der Waals surface area contributed by atoms with E-state index in [-0.39, 0.29) is 12.5 Å². The minimum atomic E-state index is -0.162. The van der Waals surface area contributed by atoms with Crippen LogP contribution in [0.5, 0.6) is 0 Å². The third-order valence-corrected chi connectivity index (χ3v) is 3.13. The summed E-state index contributed by atoms with van der Waals surface area (Å²) < 4.78 is 0. The van der Waals surface area contributed by atoms with E-state index in [4.69, 9.17) is 5.11 Å². The van der Waals surface area contributed by atoms with Crippen LogP contribution in [0.4, 0.5) is 5.69 Å². The van der Waals surface area contributed by atoms with Gasteiger partial charge in [0.15, 0.2) is 0 Å². The number of rotatable bonds is 5. The van der Waals surface area contributed by atoms with Gasteiger partial charge >= 0.3 is 0 Å². The second-order valence-electron chi connectivity index (χ2n) is 4.90. The lowest BCUT2D eigenvalue weighted by Gasteiger charge is -2.03. The summed E-state index contributed by atoms with van der Waals surface area (Å²) in [5.41, 5.74) is 3.98. The average Bonchev–Trinajstić information content (AvgIpc) is 2.49. The Morgan fingerprint density at radius 3 is 2.38 bits per heavy atom. The van der Waals surface area contributed by atoms with Crippen LogP contribution in [0.1, 0.15) is 16.7 Å². The van der Waals surface area contributed by atoms with E-state index in [0.717, 1.165) is 16.8 Å². The van der Waals surface area contributed by atoms with Gasteiger partial charge in [0.1, 0.15) is 0 Å². The number of benzene rings is 2. The molecule has 0 bridgehead atoms. The molecule has 3 nitrogen and oxygen atoms in total. The highest BCUT2D eigenvalue weighted by atomic mass is 16.2. The van der Waals surface area contributed by atoms with Gasteiger partial charge in [0.25, 0.3) is 0 Å². The smallest absolute Gasteiger partial charge is 0.248 e. The number of carbonyl (C=O) groups is 1. The van der Waals surface area contributed by atoms with Crippen molar-refractivity contribution in [3.8, 4) is 0 Å². The molecule has 2 rings (SSSR count). The van der Waals surface area contributed by atoms with Crippen LogP contribution in [0.25, 0.3) is 6.08 Å². The molecule has 0 unspecified atom stereocenters. The maximum absolute atomic E-state index is 11.8. The third kappa shape index (κ3) is 4.89. The molecule has 0 heterocycles. The first-order valence-corrected chi connectivity index (χ1v) is 6.93. The zero-order chi connectivity index (χ0) is 15.1. The molecule has 0 aliphatic carbocycles. The normalized spacial score (nSPS) is 10.8. The molecular weight excluding hydrogens is 262 g/mol. The highest BCUT2D eigenvalue weighted by molar-refractivity contribution is 6.01. The van der Waals surface area contributed by atoms with Gasteiger partial charge in [0.05, 0.1) is 0 Å². The Balaban J connectivity index is 1.93. The van der Waals surface area contributed by atoms with Crippen molar-refractivity contribution in [1.82, 2.24) is 0 Å². The van der Waals surface area contributed by atoms with Crippen molar-refractivity contribution in [2.75, 3.05) is 11.9 Å². The summed E-state index contributed by atoms with van der Waals surface area (Å²) in [6, 6.07) is 15.4. The number of aryl methyl sites for hydroxylation is 1. The van der Waals surface area contributed by atoms with Crippen LogP contribution in [-0.2, 0) is 11.2 Å². The van der Waals surface area contributed by atoms with Gasteiger partial charge in [0, 0.05) is 18.4 Å². The molecule has 0 saturated carbocycles.